The van der Waals surface area contributed by atoms with Gasteiger partial charge in [-0.05, 0) is 83.6 Å². The molecule has 3 heterocycles. The molecule has 6 aromatic carbocycles. The largest absolute Gasteiger partial charge is 0.436 e. The number of nitrogens with zero attached hydrogens (tertiary/aromatic N) is 3. The van der Waals surface area contributed by atoms with Gasteiger partial charge in [0.2, 0.25) is 5.89 Å². The van der Waals surface area contributed by atoms with Gasteiger partial charge in [0, 0.05) is 32.8 Å². The molecule has 45 heavy (non-hydrogen) atoms. The number of para-hydroxylation sites is 4. The van der Waals surface area contributed by atoms with Gasteiger partial charge in [0.05, 0.1) is 16.7 Å². The first-order valence-corrected chi connectivity index (χ1v) is 14.7. The minimum atomic E-state index is -0.376. The molecule has 0 aliphatic heterocycles. The maximum atomic E-state index is 14.5. The van der Waals surface area contributed by atoms with Crippen molar-refractivity contribution in [2.45, 2.75) is 0 Å². The smallest absolute Gasteiger partial charge is 0.265 e. The van der Waals surface area contributed by atoms with Crippen LogP contribution in [0.4, 0.5) is 0 Å². The molecule has 0 bridgehead atoms. The van der Waals surface area contributed by atoms with E-state index in [-0.39, 0.29) is 11.1 Å². The summed E-state index contributed by atoms with van der Waals surface area (Å²) in [6.45, 7) is 0. The van der Waals surface area contributed by atoms with Gasteiger partial charge in [-0.25, -0.2) is 9.55 Å². The molecule has 0 aliphatic rings. The number of oxazole rings is 1. The Morgan fingerprint density at radius 1 is 0.467 bits per heavy atom. The van der Waals surface area contributed by atoms with Crippen molar-refractivity contribution in [2.75, 3.05) is 0 Å². The SMILES string of the molecule is O=c1c2ccccc2c2cc3c(cc2c(=O)n1-c1ccc(-c2nc4ccccc4o2)cc1)c1ccccc1n3-c1ccccc1. The van der Waals surface area contributed by atoms with Gasteiger partial charge in [-0.3, -0.25) is 9.59 Å². The summed E-state index contributed by atoms with van der Waals surface area (Å²) in [7, 11) is 0. The summed E-state index contributed by atoms with van der Waals surface area (Å²) >= 11 is 0. The number of benzene rings is 6. The van der Waals surface area contributed by atoms with Crippen LogP contribution in [0.3, 0.4) is 0 Å². The molecule has 212 valence electrons. The lowest BCUT2D eigenvalue weighted by molar-refractivity contribution is 0.620. The zero-order valence-electron chi connectivity index (χ0n) is 23.8. The normalized spacial score (nSPS) is 11.7. The van der Waals surface area contributed by atoms with Crippen molar-refractivity contribution in [3.8, 4) is 22.8 Å². The minimum Gasteiger partial charge on any atom is -0.436 e. The van der Waals surface area contributed by atoms with E-state index in [9.17, 15) is 9.59 Å². The summed E-state index contributed by atoms with van der Waals surface area (Å²) < 4.78 is 9.44. The van der Waals surface area contributed by atoms with Crippen LogP contribution in [-0.2, 0) is 0 Å². The Bertz CT molecular complexity index is 2710. The third kappa shape index (κ3) is 3.79. The van der Waals surface area contributed by atoms with E-state index >= 15 is 0 Å². The van der Waals surface area contributed by atoms with Crippen molar-refractivity contribution in [1.29, 1.82) is 0 Å². The van der Waals surface area contributed by atoms with Gasteiger partial charge in [0.15, 0.2) is 5.58 Å². The summed E-state index contributed by atoms with van der Waals surface area (Å²) in [5.74, 6) is 0.476. The van der Waals surface area contributed by atoms with E-state index in [4.69, 9.17) is 4.42 Å². The number of aromatic nitrogens is 3. The van der Waals surface area contributed by atoms with Gasteiger partial charge in [-0.15, -0.1) is 0 Å². The number of rotatable bonds is 3. The predicted molar refractivity (Wildman–Crippen MR) is 181 cm³/mol. The molecule has 0 saturated carbocycles. The molecular formula is C39H23N3O3. The average molecular weight is 582 g/mol. The first kappa shape index (κ1) is 25.2. The molecule has 0 amide bonds. The second kappa shape index (κ2) is 9.62. The molecular weight excluding hydrogens is 558 g/mol. The topological polar surface area (TPSA) is 70.0 Å². The molecule has 3 aromatic heterocycles. The van der Waals surface area contributed by atoms with Crippen LogP contribution in [0.25, 0.3) is 77.3 Å². The van der Waals surface area contributed by atoms with Gasteiger partial charge < -0.3 is 8.98 Å². The highest BCUT2D eigenvalue weighted by molar-refractivity contribution is 6.17. The van der Waals surface area contributed by atoms with Crippen LogP contribution in [0, 0.1) is 0 Å². The summed E-state index contributed by atoms with van der Waals surface area (Å²) in [4.78, 5) is 33.3. The molecule has 0 N–H and O–H groups in total. The van der Waals surface area contributed by atoms with Gasteiger partial charge in [0.1, 0.15) is 5.52 Å². The second-order valence-electron chi connectivity index (χ2n) is 11.1. The van der Waals surface area contributed by atoms with Crippen LogP contribution in [0.5, 0.6) is 0 Å². The van der Waals surface area contributed by atoms with Crippen molar-refractivity contribution in [3.05, 3.63) is 160 Å². The van der Waals surface area contributed by atoms with E-state index in [1.807, 2.05) is 91.0 Å². The van der Waals surface area contributed by atoms with Gasteiger partial charge in [-0.2, -0.15) is 0 Å². The highest BCUT2D eigenvalue weighted by atomic mass is 16.3. The number of fused-ring (bicyclic) bond motifs is 7. The van der Waals surface area contributed by atoms with Crippen molar-refractivity contribution in [3.63, 3.8) is 0 Å². The minimum absolute atomic E-state index is 0.373. The Kier molecular flexibility index (Phi) is 5.40. The lowest BCUT2D eigenvalue weighted by Crippen LogP contribution is -2.28. The molecule has 6 heteroatoms. The maximum Gasteiger partial charge on any atom is 0.265 e. The van der Waals surface area contributed by atoms with Crippen LogP contribution >= 0.6 is 0 Å². The number of hydrogen-bond donors (Lipinski definition) is 0. The quantitative estimate of drug-likeness (QED) is 0.210. The maximum absolute atomic E-state index is 14.5. The Morgan fingerprint density at radius 2 is 1.11 bits per heavy atom. The summed E-state index contributed by atoms with van der Waals surface area (Å²) in [5.41, 5.74) is 4.97. The van der Waals surface area contributed by atoms with Crippen LogP contribution in [0.1, 0.15) is 0 Å². The van der Waals surface area contributed by atoms with Crippen molar-refractivity contribution in [2.24, 2.45) is 0 Å². The van der Waals surface area contributed by atoms with E-state index in [2.05, 4.69) is 39.9 Å². The molecule has 0 aliphatic carbocycles. The molecule has 9 aromatic rings. The highest BCUT2D eigenvalue weighted by Gasteiger charge is 2.18. The Hall–Kier alpha value is -6.27. The van der Waals surface area contributed by atoms with E-state index in [0.717, 1.165) is 49.3 Å². The van der Waals surface area contributed by atoms with Crippen molar-refractivity contribution in [1.82, 2.24) is 14.1 Å². The van der Waals surface area contributed by atoms with Crippen molar-refractivity contribution >= 4 is 54.5 Å². The molecule has 0 unspecified atom stereocenters. The van der Waals surface area contributed by atoms with Gasteiger partial charge in [-0.1, -0.05) is 66.7 Å². The van der Waals surface area contributed by atoms with Crippen LogP contribution < -0.4 is 11.1 Å². The van der Waals surface area contributed by atoms with E-state index in [0.29, 0.717) is 27.9 Å². The lowest BCUT2D eigenvalue weighted by atomic mass is 10.0. The van der Waals surface area contributed by atoms with Crippen LogP contribution in [-0.4, -0.2) is 14.1 Å². The molecule has 0 fully saturated rings. The lowest BCUT2D eigenvalue weighted by Gasteiger charge is -2.08. The monoisotopic (exact) mass is 581 g/mol. The first-order chi connectivity index (χ1) is 22.2. The third-order valence-corrected chi connectivity index (χ3v) is 8.58. The highest BCUT2D eigenvalue weighted by Crippen LogP contribution is 2.35. The van der Waals surface area contributed by atoms with Gasteiger partial charge >= 0.3 is 0 Å². The summed E-state index contributed by atoms with van der Waals surface area (Å²) in [6, 6.07) is 44.6. The average Bonchev–Trinajstić information content (AvgIpc) is 3.65. The van der Waals surface area contributed by atoms with Crippen LogP contribution in [0.15, 0.2) is 154 Å². The predicted octanol–water partition coefficient (Wildman–Crippen LogP) is 8.41. The van der Waals surface area contributed by atoms with E-state index < -0.39 is 0 Å². The fourth-order valence-electron chi connectivity index (χ4n) is 6.49. The van der Waals surface area contributed by atoms with Crippen molar-refractivity contribution < 1.29 is 4.42 Å². The molecule has 0 atom stereocenters. The number of hydrogen-bond acceptors (Lipinski definition) is 4. The fraction of sp³-hybridized carbons (Fsp3) is 0. The summed E-state index contributed by atoms with van der Waals surface area (Å²) in [5, 5.41) is 4.36. The summed E-state index contributed by atoms with van der Waals surface area (Å²) in [6.07, 6.45) is 0. The zero-order valence-corrected chi connectivity index (χ0v) is 23.8. The van der Waals surface area contributed by atoms with Crippen LogP contribution in [0.2, 0.25) is 0 Å². The molecule has 6 nitrogen and oxygen atoms in total. The Labute approximate surface area is 255 Å². The fourth-order valence-corrected chi connectivity index (χ4v) is 6.49. The second-order valence-corrected chi connectivity index (χ2v) is 11.1. The first-order valence-electron chi connectivity index (χ1n) is 14.7. The molecule has 0 saturated heterocycles. The molecule has 0 radical (unpaired) electrons. The third-order valence-electron chi connectivity index (χ3n) is 8.58. The van der Waals surface area contributed by atoms with E-state index in [1.54, 1.807) is 18.2 Å². The Morgan fingerprint density at radius 3 is 1.91 bits per heavy atom. The molecule has 9 rings (SSSR count). The molecule has 0 spiro atoms. The zero-order chi connectivity index (χ0) is 30.1. The standard InChI is InChI=1S/C39H23N3O3/c43-38-29-14-5-4-12-27(29)30-23-35-31(28-13-6-8-16-34(28)41(35)25-10-2-1-3-11-25)22-32(30)39(44)42(38)26-20-18-24(19-21-26)37-40-33-15-7-9-17-36(33)45-37/h1-23H. The van der Waals surface area contributed by atoms with Gasteiger partial charge in [0.25, 0.3) is 11.1 Å². The van der Waals surface area contributed by atoms with E-state index in [1.165, 1.54) is 4.57 Å². The Balaban J connectivity index is 1.35.